The molecule has 2 atom stereocenters. The number of hydrogen-bond acceptors (Lipinski definition) is 2. The molecule has 4 nitrogen and oxygen atoms in total. The van der Waals surface area contributed by atoms with Gasteiger partial charge in [0.05, 0.1) is 5.54 Å². The zero-order valence-electron chi connectivity index (χ0n) is 10.7. The molecule has 2 saturated carbocycles. The van der Waals surface area contributed by atoms with E-state index in [-0.39, 0.29) is 24.0 Å². The van der Waals surface area contributed by atoms with Gasteiger partial charge in [-0.3, -0.25) is 4.90 Å². The summed E-state index contributed by atoms with van der Waals surface area (Å²) >= 11 is 0. The van der Waals surface area contributed by atoms with Crippen molar-refractivity contribution in [1.82, 2.24) is 4.90 Å². The zero-order chi connectivity index (χ0) is 12.8. The molecule has 104 valence electrons. The first kappa shape index (κ1) is 14.2. The van der Waals surface area contributed by atoms with Crippen molar-refractivity contribution in [2.24, 2.45) is 11.7 Å². The van der Waals surface area contributed by atoms with Crippen LogP contribution in [0.4, 0.5) is 4.79 Å². The summed E-state index contributed by atoms with van der Waals surface area (Å²) in [7, 11) is 0. The van der Waals surface area contributed by atoms with Gasteiger partial charge in [0.1, 0.15) is 0 Å². The van der Waals surface area contributed by atoms with Crippen LogP contribution in [0.2, 0.25) is 0 Å². The number of hydrogen-bond donors (Lipinski definition) is 2. The van der Waals surface area contributed by atoms with E-state index in [0.717, 1.165) is 24.8 Å². The second kappa shape index (κ2) is 5.02. The third-order valence-corrected chi connectivity index (χ3v) is 4.24. The first-order valence-electron chi connectivity index (χ1n) is 6.43. The monoisotopic (exact) mass is 282 g/mol. The molecule has 2 aliphatic rings. The van der Waals surface area contributed by atoms with Crippen LogP contribution < -0.4 is 5.73 Å². The van der Waals surface area contributed by atoms with E-state index >= 15 is 0 Å². The average Bonchev–Trinajstić information content (AvgIpc) is 3.24. The topological polar surface area (TPSA) is 66.6 Å². The highest BCUT2D eigenvalue weighted by Crippen LogP contribution is 2.57. The molecule has 1 aromatic rings. The number of carbonyl (C=O) groups is 1. The molecule has 19 heavy (non-hydrogen) atoms. The van der Waals surface area contributed by atoms with Crippen LogP contribution >= 0.6 is 12.4 Å². The van der Waals surface area contributed by atoms with E-state index in [1.165, 1.54) is 0 Å². The first-order valence-corrected chi connectivity index (χ1v) is 6.43. The number of nitrogens with zero attached hydrogens (tertiary/aromatic N) is 1. The number of halogens is 1. The lowest BCUT2D eigenvalue weighted by molar-refractivity contribution is 0.104. The highest BCUT2D eigenvalue weighted by atomic mass is 35.5. The van der Waals surface area contributed by atoms with Crippen molar-refractivity contribution >= 4 is 18.5 Å². The van der Waals surface area contributed by atoms with Crippen LogP contribution in [0.25, 0.3) is 0 Å². The van der Waals surface area contributed by atoms with Crippen LogP contribution in [0, 0.1) is 5.92 Å². The van der Waals surface area contributed by atoms with Gasteiger partial charge in [0.2, 0.25) is 0 Å². The van der Waals surface area contributed by atoms with Crippen LogP contribution in [-0.4, -0.2) is 27.7 Å². The van der Waals surface area contributed by atoms with E-state index in [4.69, 9.17) is 5.73 Å². The molecule has 2 unspecified atom stereocenters. The minimum atomic E-state index is -0.824. The predicted octanol–water partition coefficient (Wildman–Crippen LogP) is 2.47. The second-order valence-electron chi connectivity index (χ2n) is 5.46. The maximum Gasteiger partial charge on any atom is 0.408 e. The third kappa shape index (κ3) is 2.55. The van der Waals surface area contributed by atoms with E-state index in [1.54, 1.807) is 4.90 Å². The van der Waals surface area contributed by atoms with Gasteiger partial charge in [0.25, 0.3) is 0 Å². The van der Waals surface area contributed by atoms with E-state index in [2.05, 4.69) is 0 Å². The summed E-state index contributed by atoms with van der Waals surface area (Å²) in [5.74, 6) is 0.373. The van der Waals surface area contributed by atoms with Gasteiger partial charge >= 0.3 is 6.09 Å². The molecule has 0 saturated heterocycles. The smallest absolute Gasteiger partial charge is 0.408 e. The van der Waals surface area contributed by atoms with Crippen LogP contribution in [-0.2, 0) is 6.54 Å². The summed E-state index contributed by atoms with van der Waals surface area (Å²) in [6, 6.07) is 9.97. The molecule has 0 bridgehead atoms. The molecule has 1 aromatic carbocycles. The summed E-state index contributed by atoms with van der Waals surface area (Å²) in [6.07, 6.45) is 2.07. The molecule has 3 rings (SSSR count). The molecule has 5 heteroatoms. The molecule has 2 fully saturated rings. The molecule has 0 radical (unpaired) electrons. The van der Waals surface area contributed by atoms with Crippen molar-refractivity contribution in [3.05, 3.63) is 35.9 Å². The van der Waals surface area contributed by atoms with Crippen molar-refractivity contribution in [3.63, 3.8) is 0 Å². The average molecular weight is 283 g/mol. The lowest BCUT2D eigenvalue weighted by atomic mass is 10.1. The number of amides is 1. The Morgan fingerprint density at radius 1 is 1.37 bits per heavy atom. The molecule has 0 aromatic heterocycles. The summed E-state index contributed by atoms with van der Waals surface area (Å²) in [5.41, 5.74) is 6.78. The fraction of sp³-hybridized carbons (Fsp3) is 0.500. The zero-order valence-corrected chi connectivity index (χ0v) is 11.5. The van der Waals surface area contributed by atoms with Gasteiger partial charge in [-0.15, -0.1) is 12.4 Å². The van der Waals surface area contributed by atoms with Crippen molar-refractivity contribution in [1.29, 1.82) is 0 Å². The third-order valence-electron chi connectivity index (χ3n) is 4.24. The SMILES string of the molecule is Cl.NC1CC1C1(N(Cc2ccccc2)C(=O)O)CC1. The normalized spacial score (nSPS) is 26.2. The molecule has 0 heterocycles. The molecular weight excluding hydrogens is 264 g/mol. The quantitative estimate of drug-likeness (QED) is 0.891. The molecule has 0 spiro atoms. The minimum absolute atomic E-state index is 0. The van der Waals surface area contributed by atoms with Crippen molar-refractivity contribution in [2.75, 3.05) is 0 Å². The Labute approximate surface area is 119 Å². The van der Waals surface area contributed by atoms with Gasteiger partial charge in [-0.2, -0.15) is 0 Å². The lowest BCUT2D eigenvalue weighted by Crippen LogP contribution is -2.43. The Bertz CT molecular complexity index is 462. The summed E-state index contributed by atoms with van der Waals surface area (Å²) in [6.45, 7) is 0.472. The van der Waals surface area contributed by atoms with E-state index in [9.17, 15) is 9.90 Å². The number of benzene rings is 1. The van der Waals surface area contributed by atoms with Gasteiger partial charge in [-0.05, 0) is 30.7 Å². The molecule has 3 N–H and O–H groups in total. The van der Waals surface area contributed by atoms with E-state index in [0.29, 0.717) is 12.5 Å². The van der Waals surface area contributed by atoms with E-state index in [1.807, 2.05) is 30.3 Å². The maximum absolute atomic E-state index is 11.5. The number of carboxylic acid groups (broad SMARTS) is 1. The molecule has 0 aliphatic heterocycles. The highest BCUT2D eigenvalue weighted by molar-refractivity contribution is 5.85. The standard InChI is InChI=1S/C14H18N2O2.ClH/c15-12-8-11(12)14(6-7-14)16(13(17)18)9-10-4-2-1-3-5-10;/h1-5,11-12H,6-9,15H2,(H,17,18);1H. The minimum Gasteiger partial charge on any atom is -0.465 e. The number of nitrogens with two attached hydrogens (primary N) is 1. The predicted molar refractivity (Wildman–Crippen MR) is 75.3 cm³/mol. The summed E-state index contributed by atoms with van der Waals surface area (Å²) < 4.78 is 0. The first-order chi connectivity index (χ1) is 8.63. The van der Waals surface area contributed by atoms with Crippen molar-refractivity contribution in [3.8, 4) is 0 Å². The van der Waals surface area contributed by atoms with E-state index < -0.39 is 6.09 Å². The maximum atomic E-state index is 11.5. The van der Waals surface area contributed by atoms with Crippen LogP contribution in [0.3, 0.4) is 0 Å². The van der Waals surface area contributed by atoms with Crippen LogP contribution in [0.5, 0.6) is 0 Å². The van der Waals surface area contributed by atoms with Gasteiger partial charge in [-0.25, -0.2) is 4.79 Å². The summed E-state index contributed by atoms with van der Waals surface area (Å²) in [4.78, 5) is 13.1. The Balaban J connectivity index is 0.00000133. The number of rotatable bonds is 4. The Hall–Kier alpha value is -1.26. The van der Waals surface area contributed by atoms with Gasteiger partial charge in [0.15, 0.2) is 0 Å². The Morgan fingerprint density at radius 3 is 2.37 bits per heavy atom. The Morgan fingerprint density at radius 2 is 1.95 bits per heavy atom. The van der Waals surface area contributed by atoms with Gasteiger partial charge in [-0.1, -0.05) is 30.3 Å². The highest BCUT2D eigenvalue weighted by Gasteiger charge is 2.62. The van der Waals surface area contributed by atoms with Crippen LogP contribution in [0.15, 0.2) is 30.3 Å². The largest absolute Gasteiger partial charge is 0.465 e. The molecule has 2 aliphatic carbocycles. The van der Waals surface area contributed by atoms with Gasteiger partial charge in [0, 0.05) is 12.6 Å². The van der Waals surface area contributed by atoms with Crippen molar-refractivity contribution < 1.29 is 9.90 Å². The fourth-order valence-corrected chi connectivity index (χ4v) is 2.98. The lowest BCUT2D eigenvalue weighted by Gasteiger charge is -2.30. The second-order valence-corrected chi connectivity index (χ2v) is 5.46. The summed E-state index contributed by atoms with van der Waals surface area (Å²) in [5, 5.41) is 9.46. The van der Waals surface area contributed by atoms with Gasteiger partial charge < -0.3 is 10.8 Å². The molecular formula is C14H19ClN2O2. The molecule has 1 amide bonds. The Kier molecular flexibility index (Phi) is 3.74. The fourth-order valence-electron chi connectivity index (χ4n) is 2.98. The van der Waals surface area contributed by atoms with Crippen molar-refractivity contribution in [2.45, 2.75) is 37.4 Å². The van der Waals surface area contributed by atoms with Crippen LogP contribution in [0.1, 0.15) is 24.8 Å².